The number of piperazine rings is 1. The summed E-state index contributed by atoms with van der Waals surface area (Å²) in [6.07, 6.45) is -4.42. The molecule has 1 saturated heterocycles. The van der Waals surface area contributed by atoms with Crippen molar-refractivity contribution in [2.24, 2.45) is 0 Å². The third kappa shape index (κ3) is 4.03. The van der Waals surface area contributed by atoms with Gasteiger partial charge in [0.05, 0.1) is 5.56 Å². The van der Waals surface area contributed by atoms with Crippen molar-refractivity contribution in [2.45, 2.75) is 25.2 Å². The van der Waals surface area contributed by atoms with E-state index >= 15 is 0 Å². The van der Waals surface area contributed by atoms with Gasteiger partial charge in [-0.1, -0.05) is 12.1 Å². The van der Waals surface area contributed by atoms with E-state index in [2.05, 4.69) is 5.32 Å². The molecule has 2 rings (SSSR count). The van der Waals surface area contributed by atoms with Gasteiger partial charge in [-0.05, 0) is 24.6 Å². The summed E-state index contributed by atoms with van der Waals surface area (Å²) in [5.41, 5.74) is -0.346. The van der Waals surface area contributed by atoms with Gasteiger partial charge >= 0.3 is 6.18 Å². The molecule has 1 aromatic carbocycles. The number of amides is 1. The number of rotatable bonds is 3. The highest BCUT2D eigenvalue weighted by molar-refractivity contribution is 5.83. The summed E-state index contributed by atoms with van der Waals surface area (Å²) in [4.78, 5) is 16.0. The van der Waals surface area contributed by atoms with E-state index in [0.717, 1.165) is 12.1 Å². The molecule has 2 atom stereocenters. The normalized spacial score (nSPS) is 21.0. The van der Waals surface area contributed by atoms with Crippen LogP contribution in [0.15, 0.2) is 24.3 Å². The first-order valence-corrected chi connectivity index (χ1v) is 7.56. The first-order chi connectivity index (χ1) is 10.7. The number of carbonyl (C=O) groups excluding carboxylic acids is 1. The van der Waals surface area contributed by atoms with Crippen LogP contribution in [0.3, 0.4) is 0 Å². The zero-order chi connectivity index (χ0) is 17.2. The molecular weight excluding hydrogens is 307 g/mol. The average molecular weight is 329 g/mol. The van der Waals surface area contributed by atoms with Crippen molar-refractivity contribution < 1.29 is 18.0 Å². The number of alkyl halides is 3. The molecule has 0 aromatic heterocycles. The van der Waals surface area contributed by atoms with Crippen LogP contribution in [0.4, 0.5) is 13.2 Å². The van der Waals surface area contributed by atoms with Crippen molar-refractivity contribution in [2.75, 3.05) is 33.7 Å². The van der Waals surface area contributed by atoms with Crippen LogP contribution in [0.2, 0.25) is 0 Å². The van der Waals surface area contributed by atoms with Crippen molar-refractivity contribution in [3.8, 4) is 0 Å². The highest BCUT2D eigenvalue weighted by Gasteiger charge is 2.36. The Bertz CT molecular complexity index is 560. The summed E-state index contributed by atoms with van der Waals surface area (Å²) >= 11 is 0. The Balaban J connectivity index is 2.43. The Morgan fingerprint density at radius 2 is 2.09 bits per heavy atom. The quantitative estimate of drug-likeness (QED) is 0.923. The molecule has 4 nitrogen and oxygen atoms in total. The van der Waals surface area contributed by atoms with Crippen LogP contribution >= 0.6 is 0 Å². The lowest BCUT2D eigenvalue weighted by Gasteiger charge is -2.40. The zero-order valence-corrected chi connectivity index (χ0v) is 13.5. The van der Waals surface area contributed by atoms with Gasteiger partial charge in [0, 0.05) is 39.8 Å². The maximum Gasteiger partial charge on any atom is 0.416 e. The average Bonchev–Trinajstić information content (AvgIpc) is 2.48. The molecule has 0 saturated carbocycles. The van der Waals surface area contributed by atoms with Gasteiger partial charge in [0.15, 0.2) is 0 Å². The monoisotopic (exact) mass is 329 g/mol. The lowest BCUT2D eigenvalue weighted by molar-refractivity contribution is -0.139. The van der Waals surface area contributed by atoms with Gasteiger partial charge in [0.25, 0.3) is 0 Å². The maximum atomic E-state index is 13.0. The standard InChI is InChI=1S/C16H22F3N3O/c1-11-10-20-7-8-22(11)14(15(23)21(2)3)12-5-4-6-13(9-12)16(17,18)19/h4-6,9,11,14,20H,7-8,10H2,1-3H3. The Morgan fingerprint density at radius 1 is 1.39 bits per heavy atom. The SMILES string of the molecule is CC1CNCCN1C(C(=O)N(C)C)c1cccc(C(F)(F)F)c1. The summed E-state index contributed by atoms with van der Waals surface area (Å²) in [5.74, 6) is -0.210. The van der Waals surface area contributed by atoms with Crippen molar-refractivity contribution in [3.05, 3.63) is 35.4 Å². The molecule has 1 aliphatic rings. The Labute approximate surface area is 134 Å². The van der Waals surface area contributed by atoms with E-state index in [1.54, 1.807) is 20.2 Å². The van der Waals surface area contributed by atoms with E-state index in [1.807, 2.05) is 11.8 Å². The van der Waals surface area contributed by atoms with Gasteiger partial charge < -0.3 is 10.2 Å². The highest BCUT2D eigenvalue weighted by atomic mass is 19.4. The molecule has 7 heteroatoms. The van der Waals surface area contributed by atoms with Gasteiger partial charge in [0.2, 0.25) is 5.91 Å². The lowest BCUT2D eigenvalue weighted by atomic mass is 9.98. The van der Waals surface area contributed by atoms with E-state index in [9.17, 15) is 18.0 Å². The van der Waals surface area contributed by atoms with Crippen LogP contribution in [0.1, 0.15) is 24.1 Å². The highest BCUT2D eigenvalue weighted by Crippen LogP contribution is 2.33. The molecule has 1 N–H and O–H groups in total. The zero-order valence-electron chi connectivity index (χ0n) is 13.5. The molecule has 128 valence electrons. The largest absolute Gasteiger partial charge is 0.416 e. The van der Waals surface area contributed by atoms with Crippen LogP contribution < -0.4 is 5.32 Å². The molecule has 0 bridgehead atoms. The molecule has 1 aromatic rings. The van der Waals surface area contributed by atoms with Crippen LogP contribution in [0, 0.1) is 0 Å². The maximum absolute atomic E-state index is 13.0. The number of hydrogen-bond donors (Lipinski definition) is 1. The molecule has 0 spiro atoms. The molecule has 23 heavy (non-hydrogen) atoms. The molecular formula is C16H22F3N3O. The van der Waals surface area contributed by atoms with Crippen molar-refractivity contribution in [1.82, 2.24) is 15.1 Å². The van der Waals surface area contributed by atoms with Crippen LogP contribution in [0.5, 0.6) is 0 Å². The van der Waals surface area contributed by atoms with Gasteiger partial charge in [0.1, 0.15) is 6.04 Å². The van der Waals surface area contributed by atoms with Crippen LogP contribution in [0.25, 0.3) is 0 Å². The van der Waals surface area contributed by atoms with Gasteiger partial charge in [-0.25, -0.2) is 0 Å². The van der Waals surface area contributed by atoms with Gasteiger partial charge in [-0.3, -0.25) is 9.69 Å². The molecule has 1 heterocycles. The summed E-state index contributed by atoms with van der Waals surface area (Å²) in [7, 11) is 3.24. The van der Waals surface area contributed by atoms with Crippen molar-refractivity contribution in [1.29, 1.82) is 0 Å². The predicted molar refractivity (Wildman–Crippen MR) is 81.9 cm³/mol. The van der Waals surface area contributed by atoms with Crippen LogP contribution in [-0.2, 0) is 11.0 Å². The molecule has 0 radical (unpaired) electrons. The first-order valence-electron chi connectivity index (χ1n) is 7.56. The summed E-state index contributed by atoms with van der Waals surface area (Å²) in [6, 6.07) is 4.43. The summed E-state index contributed by atoms with van der Waals surface area (Å²) in [6.45, 7) is 3.99. The van der Waals surface area contributed by atoms with Crippen LogP contribution in [-0.4, -0.2) is 55.5 Å². The minimum atomic E-state index is -4.42. The fraction of sp³-hybridized carbons (Fsp3) is 0.562. The van der Waals surface area contributed by atoms with E-state index < -0.39 is 17.8 Å². The minimum Gasteiger partial charge on any atom is -0.347 e. The number of halogens is 3. The summed E-state index contributed by atoms with van der Waals surface area (Å²) < 4.78 is 39.0. The van der Waals surface area contributed by atoms with Gasteiger partial charge in [-0.15, -0.1) is 0 Å². The number of nitrogens with one attached hydrogen (secondary N) is 1. The Hall–Kier alpha value is -1.60. The van der Waals surface area contributed by atoms with Gasteiger partial charge in [-0.2, -0.15) is 13.2 Å². The summed E-state index contributed by atoms with van der Waals surface area (Å²) in [5, 5.41) is 3.23. The fourth-order valence-electron chi connectivity index (χ4n) is 2.85. The molecule has 1 aliphatic heterocycles. The lowest BCUT2D eigenvalue weighted by Crippen LogP contribution is -2.54. The number of nitrogens with zero attached hydrogens (tertiary/aromatic N) is 2. The van der Waals surface area contributed by atoms with Crippen molar-refractivity contribution in [3.63, 3.8) is 0 Å². The smallest absolute Gasteiger partial charge is 0.347 e. The minimum absolute atomic E-state index is 0.0622. The molecule has 2 unspecified atom stereocenters. The topological polar surface area (TPSA) is 35.6 Å². The van der Waals surface area contributed by atoms with Crippen molar-refractivity contribution >= 4 is 5.91 Å². The number of benzene rings is 1. The number of carbonyl (C=O) groups is 1. The van der Waals surface area contributed by atoms with E-state index in [4.69, 9.17) is 0 Å². The fourth-order valence-corrected chi connectivity index (χ4v) is 2.85. The third-order valence-electron chi connectivity index (χ3n) is 4.09. The molecule has 0 aliphatic carbocycles. The first kappa shape index (κ1) is 17.7. The van der Waals surface area contributed by atoms with E-state index in [0.29, 0.717) is 25.2 Å². The van der Waals surface area contributed by atoms with E-state index in [1.165, 1.54) is 11.0 Å². The number of likely N-dealkylation sites (N-methyl/N-ethyl adjacent to an activating group) is 1. The molecule has 1 fully saturated rings. The van der Waals surface area contributed by atoms with E-state index in [-0.39, 0.29) is 11.9 Å². The second-order valence-electron chi connectivity index (χ2n) is 6.05. The predicted octanol–water partition coefficient (Wildman–Crippen LogP) is 2.13. The second-order valence-corrected chi connectivity index (χ2v) is 6.05. The Kier molecular flexibility index (Phi) is 5.31. The number of hydrogen-bond acceptors (Lipinski definition) is 3. The molecule has 1 amide bonds. The Morgan fingerprint density at radius 3 is 2.65 bits per heavy atom. The second kappa shape index (κ2) is 6.88. The third-order valence-corrected chi connectivity index (χ3v) is 4.09.